The molecule has 0 unspecified atom stereocenters. The van der Waals surface area contributed by atoms with Crippen molar-refractivity contribution in [2.45, 2.75) is 19.9 Å². The van der Waals surface area contributed by atoms with Gasteiger partial charge >= 0.3 is 35.5 Å². The van der Waals surface area contributed by atoms with Crippen LogP contribution in [0.15, 0.2) is 71.0 Å². The molecule has 4 rings (SSSR count). The first-order chi connectivity index (χ1) is 17.0. The van der Waals surface area contributed by atoms with Crippen molar-refractivity contribution in [1.29, 1.82) is 0 Å². The van der Waals surface area contributed by atoms with Crippen LogP contribution in [0.5, 0.6) is 5.75 Å². The zero-order valence-corrected chi connectivity index (χ0v) is 20.2. The number of carboxylic acids is 1. The number of benzene rings is 2. The Labute approximate surface area is 236 Å². The van der Waals surface area contributed by atoms with Gasteiger partial charge in [-0.25, -0.2) is 4.98 Å². The van der Waals surface area contributed by atoms with E-state index < -0.39 is 5.97 Å². The normalized spacial score (nSPS) is 10.7. The monoisotopic (exact) mass is 514 g/mol. The summed E-state index contributed by atoms with van der Waals surface area (Å²) in [6.45, 7) is 6.99. The van der Waals surface area contributed by atoms with Gasteiger partial charge < -0.3 is 14.3 Å². The van der Waals surface area contributed by atoms with E-state index in [1.165, 1.54) is 11.5 Å². The summed E-state index contributed by atoms with van der Waals surface area (Å²) >= 11 is 1.32. The first kappa shape index (κ1) is 27.8. The van der Waals surface area contributed by atoms with E-state index in [0.29, 0.717) is 32.0 Å². The summed E-state index contributed by atoms with van der Waals surface area (Å²) in [4.78, 5) is 17.5. The third-order valence-electron chi connectivity index (χ3n) is 5.34. The standard InChI is InChI=1S/C26H26N4O4S.Na.H/c1-3-12-30(16-25(31)32)15-19-5-4-6-22(14-19)33-13-11-23-18(2)34-26(27-23)21-9-7-20(8-10-21)24-17-35-29-28-24;;/h3-10,14,17H,1,11-13,15-16H2,2H3,(H,31,32);;. The molecule has 182 valence electrons. The van der Waals surface area contributed by atoms with E-state index in [2.05, 4.69) is 21.1 Å². The first-order valence-corrected chi connectivity index (χ1v) is 12.0. The van der Waals surface area contributed by atoms with Gasteiger partial charge in [-0.2, -0.15) is 0 Å². The SMILES string of the molecule is C=CCN(CC(=O)O)Cc1cccc(OCCc2nc(-c3ccc(-c4csnn4)cc3)oc2C)c1.[NaH]. The maximum atomic E-state index is 11.1. The molecule has 0 fully saturated rings. The second-order valence-corrected chi connectivity index (χ2v) is 8.60. The van der Waals surface area contributed by atoms with Gasteiger partial charge in [-0.15, -0.1) is 11.7 Å². The molecule has 36 heavy (non-hydrogen) atoms. The Morgan fingerprint density at radius 2 is 2.00 bits per heavy atom. The molecule has 10 heteroatoms. The van der Waals surface area contributed by atoms with Gasteiger partial charge in [0.15, 0.2) is 0 Å². The van der Waals surface area contributed by atoms with Crippen LogP contribution in [-0.2, 0) is 17.8 Å². The number of carboxylic acid groups (broad SMARTS) is 1. The molecule has 1 N–H and O–H groups in total. The van der Waals surface area contributed by atoms with Crippen LogP contribution in [0, 0.1) is 6.92 Å². The molecule has 0 atom stereocenters. The minimum absolute atomic E-state index is 0. The Bertz CT molecular complexity index is 1280. The number of nitrogens with zero attached hydrogens (tertiary/aromatic N) is 4. The molecule has 0 aliphatic heterocycles. The predicted octanol–water partition coefficient (Wildman–Crippen LogP) is 4.21. The van der Waals surface area contributed by atoms with E-state index in [0.717, 1.165) is 39.6 Å². The van der Waals surface area contributed by atoms with E-state index in [1.807, 2.05) is 60.8 Å². The predicted molar refractivity (Wildman–Crippen MR) is 141 cm³/mol. The molecule has 0 aliphatic rings. The van der Waals surface area contributed by atoms with Crippen molar-refractivity contribution in [1.82, 2.24) is 19.5 Å². The van der Waals surface area contributed by atoms with Crippen LogP contribution >= 0.6 is 11.5 Å². The molecule has 0 saturated carbocycles. The molecule has 2 aromatic heterocycles. The summed E-state index contributed by atoms with van der Waals surface area (Å²) in [6, 6.07) is 15.6. The number of aliphatic carboxylic acids is 1. The number of oxazole rings is 1. The van der Waals surface area contributed by atoms with Crippen molar-refractivity contribution in [3.63, 3.8) is 0 Å². The van der Waals surface area contributed by atoms with Gasteiger partial charge in [-0.1, -0.05) is 34.8 Å². The van der Waals surface area contributed by atoms with Gasteiger partial charge in [0.2, 0.25) is 5.89 Å². The van der Waals surface area contributed by atoms with Crippen LogP contribution in [0.2, 0.25) is 0 Å². The number of hydrogen-bond donors (Lipinski definition) is 1. The molecular weight excluding hydrogens is 487 g/mol. The molecule has 2 aromatic carbocycles. The number of hydrogen-bond acceptors (Lipinski definition) is 8. The molecule has 0 bridgehead atoms. The number of carbonyl (C=O) groups is 1. The Morgan fingerprint density at radius 1 is 1.22 bits per heavy atom. The Hall–Kier alpha value is -2.82. The maximum absolute atomic E-state index is 11.1. The van der Waals surface area contributed by atoms with Gasteiger partial charge in [-0.05, 0) is 48.3 Å². The summed E-state index contributed by atoms with van der Waals surface area (Å²) in [7, 11) is 0. The van der Waals surface area contributed by atoms with E-state index in [1.54, 1.807) is 11.0 Å². The molecule has 0 saturated heterocycles. The Morgan fingerprint density at radius 3 is 2.69 bits per heavy atom. The molecular formula is C26H27N4NaO4S. The summed E-state index contributed by atoms with van der Waals surface area (Å²) in [6.07, 6.45) is 2.30. The van der Waals surface area contributed by atoms with Crippen molar-refractivity contribution in [3.05, 3.63) is 83.6 Å². The third-order valence-corrected chi connectivity index (χ3v) is 5.84. The van der Waals surface area contributed by atoms with Gasteiger partial charge in [0.1, 0.15) is 17.2 Å². The second kappa shape index (κ2) is 13.5. The number of rotatable bonds is 12. The van der Waals surface area contributed by atoms with Crippen LogP contribution in [0.1, 0.15) is 17.0 Å². The van der Waals surface area contributed by atoms with Crippen LogP contribution < -0.4 is 4.74 Å². The second-order valence-electron chi connectivity index (χ2n) is 7.99. The van der Waals surface area contributed by atoms with Crippen molar-refractivity contribution >= 4 is 47.1 Å². The average molecular weight is 515 g/mol. The van der Waals surface area contributed by atoms with Crippen LogP contribution in [-0.4, -0.2) is 79.8 Å². The van der Waals surface area contributed by atoms with E-state index in [-0.39, 0.29) is 36.1 Å². The zero-order chi connectivity index (χ0) is 24.6. The fraction of sp³-hybridized carbons (Fsp3) is 0.231. The number of aromatic nitrogens is 3. The van der Waals surface area contributed by atoms with Gasteiger partial charge in [0, 0.05) is 36.0 Å². The van der Waals surface area contributed by atoms with E-state index >= 15 is 0 Å². The Kier molecular flexibility index (Phi) is 10.4. The zero-order valence-electron chi connectivity index (χ0n) is 19.4. The number of aryl methyl sites for hydroxylation is 1. The number of ether oxygens (including phenoxy) is 1. The molecule has 0 spiro atoms. The molecule has 0 amide bonds. The van der Waals surface area contributed by atoms with E-state index in [9.17, 15) is 4.79 Å². The summed E-state index contributed by atoms with van der Waals surface area (Å²) < 4.78 is 15.8. The summed E-state index contributed by atoms with van der Waals surface area (Å²) in [5.41, 5.74) is 4.56. The van der Waals surface area contributed by atoms with E-state index in [4.69, 9.17) is 14.3 Å². The first-order valence-electron chi connectivity index (χ1n) is 11.1. The fourth-order valence-electron chi connectivity index (χ4n) is 3.67. The Balaban J connectivity index is 0.00000361. The molecule has 4 aromatic rings. The summed E-state index contributed by atoms with van der Waals surface area (Å²) in [5.74, 6) is 1.20. The summed E-state index contributed by atoms with van der Waals surface area (Å²) in [5, 5.41) is 15.1. The molecule has 8 nitrogen and oxygen atoms in total. The fourth-order valence-corrected chi connectivity index (χ4v) is 4.14. The van der Waals surface area contributed by atoms with Gasteiger partial charge in [0.25, 0.3) is 0 Å². The van der Waals surface area contributed by atoms with Crippen molar-refractivity contribution < 1.29 is 19.1 Å². The third kappa shape index (κ3) is 7.59. The van der Waals surface area contributed by atoms with Gasteiger partial charge in [0.05, 0.1) is 18.8 Å². The quantitative estimate of drug-likeness (QED) is 0.222. The molecule has 0 aliphatic carbocycles. The van der Waals surface area contributed by atoms with Crippen molar-refractivity contribution in [3.8, 4) is 28.5 Å². The minimum atomic E-state index is -0.866. The topological polar surface area (TPSA) is 102 Å². The average Bonchev–Trinajstić information content (AvgIpc) is 3.50. The van der Waals surface area contributed by atoms with Crippen LogP contribution in [0.4, 0.5) is 0 Å². The molecule has 2 heterocycles. The van der Waals surface area contributed by atoms with Crippen molar-refractivity contribution in [2.75, 3.05) is 19.7 Å². The van der Waals surface area contributed by atoms with Crippen LogP contribution in [0.25, 0.3) is 22.7 Å². The van der Waals surface area contributed by atoms with Crippen molar-refractivity contribution in [2.24, 2.45) is 0 Å². The molecule has 0 radical (unpaired) electrons. The van der Waals surface area contributed by atoms with Gasteiger partial charge in [-0.3, -0.25) is 9.69 Å². The van der Waals surface area contributed by atoms with Crippen LogP contribution in [0.3, 0.4) is 0 Å².